The van der Waals surface area contributed by atoms with Gasteiger partial charge in [-0.25, -0.2) is 0 Å². The van der Waals surface area contributed by atoms with Gasteiger partial charge in [0.05, 0.1) is 0 Å². The summed E-state index contributed by atoms with van der Waals surface area (Å²) in [5, 5.41) is 0. The summed E-state index contributed by atoms with van der Waals surface area (Å²) in [6, 6.07) is 0. The van der Waals surface area contributed by atoms with Crippen LogP contribution in [0.15, 0.2) is 0 Å². The van der Waals surface area contributed by atoms with Crippen molar-refractivity contribution in [3.05, 3.63) is 0 Å². The van der Waals surface area contributed by atoms with Crippen LogP contribution in [0, 0.1) is 0 Å². The molecule has 0 atom stereocenters. The average molecular weight is 330 g/mol. The van der Waals surface area contributed by atoms with Crippen molar-refractivity contribution in [2.24, 2.45) is 0 Å². The van der Waals surface area contributed by atoms with Gasteiger partial charge in [0.25, 0.3) is 0 Å². The van der Waals surface area contributed by atoms with Crippen LogP contribution in [0.2, 0.25) is 0 Å². The molecule has 0 heterocycles. The fourth-order valence-corrected chi connectivity index (χ4v) is 0. The predicted molar refractivity (Wildman–Crippen MR) is 21.5 cm³/mol. The quantitative estimate of drug-likeness (QED) is 0.441. The molecule has 0 unspecified atom stereocenters. The van der Waals surface area contributed by atoms with Crippen LogP contribution in [-0.2, 0) is 17.0 Å². The molecule has 0 aromatic carbocycles. The maximum absolute atomic E-state index is 9.92. The van der Waals surface area contributed by atoms with Crippen LogP contribution in [0.4, 0.5) is 0 Å². The van der Waals surface area contributed by atoms with Crippen molar-refractivity contribution in [2.75, 3.05) is 0 Å². The fraction of sp³-hybridized carbons (Fsp3) is 0. The summed E-state index contributed by atoms with van der Waals surface area (Å²) in [4.78, 5) is 0. The molecule has 0 aliphatic rings. The van der Waals surface area contributed by atoms with Crippen molar-refractivity contribution < 1.29 is 27.9 Å². The topological polar surface area (TPSA) is 131 Å². The second kappa shape index (κ2) is 2.69. The van der Waals surface area contributed by atoms with Gasteiger partial charge in [0, 0.05) is 0 Å². The first-order chi connectivity index (χ1) is 2.45. The zero-order valence-corrected chi connectivity index (χ0v) is 12.0. The molecule has 0 aliphatic carbocycles. The molecule has 0 aromatic heterocycles. The van der Waals surface area contributed by atoms with E-state index in [4.69, 9.17) is 0 Å². The first-order valence-corrected chi connectivity index (χ1v) is 25.5. The maximum atomic E-state index is 9.92. The molecule has 0 amide bonds. The Morgan fingerprint density at radius 1 is 0.778 bits per heavy atom. The Kier molecular flexibility index (Phi) is 5.10. The predicted octanol–water partition coefficient (Wildman–Crippen LogP) is -2.89. The molecule has 0 aromatic rings. The zero-order chi connectivity index (χ0) is 6.41. The first kappa shape index (κ1) is 17.1. The van der Waals surface area contributed by atoms with E-state index in [0.29, 0.717) is 0 Å². The van der Waals surface area contributed by atoms with Gasteiger partial charge in [0.1, 0.15) is 0 Å². The Bertz CT molecular complexity index is 323. The summed E-state index contributed by atoms with van der Waals surface area (Å²) in [5.74, 6) is 0. The van der Waals surface area contributed by atoms with Crippen molar-refractivity contribution in [1.82, 2.24) is 0 Å². The van der Waals surface area contributed by atoms with Gasteiger partial charge in [-0.1, -0.05) is 0 Å². The Morgan fingerprint density at radius 2 is 0.778 bits per heavy atom. The van der Waals surface area contributed by atoms with Crippen LogP contribution >= 0.6 is 0 Å². The molecular weight excluding hydrogens is 326 g/mol. The van der Waals surface area contributed by atoms with E-state index in [9.17, 15) is 13.6 Å². The normalized spacial score (nSPS) is 13.8. The van der Waals surface area contributed by atoms with Gasteiger partial charge in [-0.05, 0) is 0 Å². The third kappa shape index (κ3) is 183. The molecule has 9 heteroatoms. The van der Waals surface area contributed by atoms with Crippen molar-refractivity contribution >= 4 is 48.5 Å². The van der Waals surface area contributed by atoms with Crippen LogP contribution in [0.25, 0.3) is 0 Å². The Morgan fingerprint density at radius 3 is 0.778 bits per heavy atom. The second-order valence-corrected chi connectivity index (χ2v) is 66.2. The zero-order valence-electron chi connectivity index (χ0n) is 5.04. The molecule has 0 saturated carbocycles. The van der Waals surface area contributed by atoms with Crippen LogP contribution in [-0.4, -0.2) is 59.5 Å². The van der Waals surface area contributed by atoms with Crippen LogP contribution in [0.1, 0.15) is 0 Å². The minimum absolute atomic E-state index is 0. The number of hydrogen-bond acceptors (Lipinski definition) is 4. The van der Waals surface area contributed by atoms with E-state index in [-0.39, 0.29) is 11.0 Å². The number of hydrogen-bond donors (Lipinski definition) is 0. The summed E-state index contributed by atoms with van der Waals surface area (Å²) in [7, 11) is 0. The van der Waals surface area contributed by atoms with Crippen molar-refractivity contribution in [3.8, 4) is 0 Å². The van der Waals surface area contributed by atoms with E-state index in [1.54, 1.807) is 0 Å². The number of rotatable bonds is 0. The van der Waals surface area contributed by atoms with E-state index in [0.717, 1.165) is 0 Å². The van der Waals surface area contributed by atoms with Crippen LogP contribution in [0.5, 0.6) is 0 Å². The van der Waals surface area contributed by atoms with Gasteiger partial charge in [0.2, 0.25) is 0 Å². The molecule has 0 aliphatic heterocycles. The van der Waals surface area contributed by atoms with E-state index in [1.807, 2.05) is 0 Å². The molecule has 0 fully saturated rings. The Balaban J connectivity index is -0.000000180. The van der Waals surface area contributed by atoms with Crippen LogP contribution < -0.4 is 0 Å². The molecule has 4 N–H and O–H groups in total. The van der Waals surface area contributed by atoms with E-state index >= 15 is 0 Å². The first-order valence-electron chi connectivity index (χ1n) is 1.48. The third-order valence-electron chi connectivity index (χ3n) is 0. The van der Waals surface area contributed by atoms with Gasteiger partial charge in [-0.2, -0.15) is 0 Å². The van der Waals surface area contributed by atoms with E-state index < -0.39 is 51.9 Å². The molecule has 0 bridgehead atoms. The molecular formula is H4Na2O6W. The Labute approximate surface area is 74.9 Å². The molecule has 9 heavy (non-hydrogen) atoms. The summed E-state index contributed by atoms with van der Waals surface area (Å²) in [6.07, 6.45) is 0. The molecule has 0 rings (SSSR count). The molecule has 0 spiro atoms. The van der Waals surface area contributed by atoms with E-state index in [2.05, 4.69) is 0 Å². The van der Waals surface area contributed by atoms with Gasteiger partial charge in [-0.3, -0.25) is 0 Å². The summed E-state index contributed by atoms with van der Waals surface area (Å²) >= 11 is -1.47. The molecule has 0 radical (unpaired) electrons. The Hall–Kier alpha value is 1.81. The van der Waals surface area contributed by atoms with Gasteiger partial charge in [-0.15, -0.1) is 0 Å². The molecule has 6 nitrogen and oxygen atoms in total. The van der Waals surface area contributed by atoms with Crippen molar-refractivity contribution in [3.63, 3.8) is 0 Å². The summed E-state index contributed by atoms with van der Waals surface area (Å²) < 4.78 is 32.6. The second-order valence-electron chi connectivity index (χ2n) is 2.15. The fourth-order valence-electron chi connectivity index (χ4n) is 0. The average Bonchev–Trinajstić information content (AvgIpc) is 0.592. The monoisotopic (exact) mass is 330 g/mol. The summed E-state index contributed by atoms with van der Waals surface area (Å²) in [6.45, 7) is 0. The third-order valence-corrected chi connectivity index (χ3v) is 0. The van der Waals surface area contributed by atoms with Crippen molar-refractivity contribution in [1.29, 1.82) is 0 Å². The standard InChI is InChI=1S/2Na.2H2O.4O.W/h;;2*1H2;;;;;. The van der Waals surface area contributed by atoms with Gasteiger partial charge >= 0.3 is 65.5 Å². The van der Waals surface area contributed by atoms with Gasteiger partial charge in [0.15, 0.2) is 0 Å². The van der Waals surface area contributed by atoms with Gasteiger partial charge < -0.3 is 11.0 Å². The van der Waals surface area contributed by atoms with Crippen molar-refractivity contribution in [2.45, 2.75) is 0 Å². The molecule has 48 valence electrons. The van der Waals surface area contributed by atoms with Crippen LogP contribution in [0.3, 0.4) is 0 Å². The minimum atomic E-state index is -7.03. The molecule has 0 saturated heterocycles. The van der Waals surface area contributed by atoms with E-state index in [1.165, 1.54) is 0 Å². The summed E-state index contributed by atoms with van der Waals surface area (Å²) in [5.41, 5.74) is 0. The SMILES string of the molecule is O.O.[O]=[W](=[O])(=[O])(=[O])([Na])[Na].